The SMILES string of the molecule is COc1ccc(Cn2nnnc2SCC(=O)NC(=O)C2COc3ccccc3O2)cc1. The zero-order valence-electron chi connectivity index (χ0n) is 16.6. The lowest BCUT2D eigenvalue weighted by Crippen LogP contribution is -2.46. The molecule has 1 N–H and O–H groups in total. The Morgan fingerprint density at radius 1 is 1.19 bits per heavy atom. The monoisotopic (exact) mass is 441 g/mol. The summed E-state index contributed by atoms with van der Waals surface area (Å²) >= 11 is 1.13. The molecule has 3 aromatic rings. The van der Waals surface area contributed by atoms with Gasteiger partial charge in [-0.1, -0.05) is 36.0 Å². The summed E-state index contributed by atoms with van der Waals surface area (Å²) in [4.78, 5) is 24.6. The van der Waals surface area contributed by atoms with E-state index in [1.807, 2.05) is 30.3 Å². The van der Waals surface area contributed by atoms with Crippen molar-refractivity contribution in [1.82, 2.24) is 25.5 Å². The number of methoxy groups -OCH3 is 1. The van der Waals surface area contributed by atoms with E-state index < -0.39 is 17.9 Å². The Hall–Kier alpha value is -3.60. The van der Waals surface area contributed by atoms with Crippen molar-refractivity contribution in [2.45, 2.75) is 17.8 Å². The van der Waals surface area contributed by atoms with E-state index in [2.05, 4.69) is 20.8 Å². The number of amides is 2. The summed E-state index contributed by atoms with van der Waals surface area (Å²) in [6.07, 6.45) is -0.899. The maximum Gasteiger partial charge on any atom is 0.271 e. The summed E-state index contributed by atoms with van der Waals surface area (Å²) in [5.74, 6) is 0.728. The molecule has 4 rings (SSSR count). The summed E-state index contributed by atoms with van der Waals surface area (Å²) < 4.78 is 17.8. The number of aromatic nitrogens is 4. The third-order valence-corrected chi connectivity index (χ3v) is 5.34. The summed E-state index contributed by atoms with van der Waals surface area (Å²) in [5, 5.41) is 14.4. The fourth-order valence-corrected chi connectivity index (χ4v) is 3.51. The molecule has 0 aliphatic carbocycles. The summed E-state index contributed by atoms with van der Waals surface area (Å²) in [6.45, 7) is 0.468. The molecule has 0 radical (unpaired) electrons. The van der Waals surface area contributed by atoms with E-state index >= 15 is 0 Å². The largest absolute Gasteiger partial charge is 0.497 e. The fraction of sp³-hybridized carbons (Fsp3) is 0.250. The molecule has 0 saturated heterocycles. The van der Waals surface area contributed by atoms with Crippen LogP contribution in [0, 0.1) is 0 Å². The Morgan fingerprint density at radius 3 is 2.74 bits per heavy atom. The van der Waals surface area contributed by atoms with Gasteiger partial charge in [-0.15, -0.1) is 5.10 Å². The normalized spacial score (nSPS) is 14.7. The quantitative estimate of drug-likeness (QED) is 0.541. The molecule has 31 heavy (non-hydrogen) atoms. The number of imide groups is 1. The molecule has 11 heteroatoms. The van der Waals surface area contributed by atoms with Crippen LogP contribution < -0.4 is 19.5 Å². The van der Waals surface area contributed by atoms with Crippen molar-refractivity contribution in [1.29, 1.82) is 0 Å². The Bertz CT molecular complexity index is 1070. The average molecular weight is 441 g/mol. The maximum absolute atomic E-state index is 12.3. The molecule has 2 heterocycles. The number of benzene rings is 2. The summed E-state index contributed by atoms with van der Waals surface area (Å²) in [6, 6.07) is 14.6. The number of ether oxygens (including phenoxy) is 3. The van der Waals surface area contributed by atoms with Gasteiger partial charge in [0.15, 0.2) is 11.5 Å². The fourth-order valence-electron chi connectivity index (χ4n) is 2.84. The van der Waals surface area contributed by atoms with Crippen LogP contribution in [0.1, 0.15) is 5.56 Å². The number of hydrogen-bond acceptors (Lipinski definition) is 9. The third kappa shape index (κ3) is 5.12. The van der Waals surface area contributed by atoms with E-state index in [0.29, 0.717) is 23.2 Å². The first-order valence-electron chi connectivity index (χ1n) is 9.36. The standard InChI is InChI=1S/C20H19N5O5S/c1-28-14-8-6-13(7-9-14)10-25-20(22-23-24-25)31-12-18(26)21-19(27)17-11-29-15-4-2-3-5-16(15)30-17/h2-9,17H,10-12H2,1H3,(H,21,26,27). The molecule has 1 aromatic heterocycles. The van der Waals surface area contributed by atoms with Gasteiger partial charge in [0.1, 0.15) is 12.4 Å². The van der Waals surface area contributed by atoms with Crippen molar-refractivity contribution in [3.8, 4) is 17.2 Å². The van der Waals surface area contributed by atoms with Gasteiger partial charge in [-0.25, -0.2) is 4.68 Å². The first kappa shape index (κ1) is 20.7. The third-order valence-electron chi connectivity index (χ3n) is 4.39. The topological polar surface area (TPSA) is 117 Å². The number of fused-ring (bicyclic) bond motifs is 1. The van der Waals surface area contributed by atoms with Crippen molar-refractivity contribution >= 4 is 23.6 Å². The zero-order chi connectivity index (χ0) is 21.6. The van der Waals surface area contributed by atoms with Crippen LogP contribution in [0.4, 0.5) is 0 Å². The summed E-state index contributed by atoms with van der Waals surface area (Å²) in [5.41, 5.74) is 0.976. The molecule has 1 aliphatic heterocycles. The molecule has 0 spiro atoms. The number of rotatable bonds is 7. The van der Waals surface area contributed by atoms with E-state index in [0.717, 1.165) is 23.1 Å². The second kappa shape index (κ2) is 9.47. The lowest BCUT2D eigenvalue weighted by Gasteiger charge is -2.25. The number of tetrazole rings is 1. The molecule has 0 bridgehead atoms. The molecular weight excluding hydrogens is 422 g/mol. The van der Waals surface area contributed by atoms with Crippen molar-refractivity contribution in [3.63, 3.8) is 0 Å². The van der Waals surface area contributed by atoms with Gasteiger partial charge in [-0.2, -0.15) is 0 Å². The van der Waals surface area contributed by atoms with Crippen molar-refractivity contribution in [3.05, 3.63) is 54.1 Å². The molecule has 2 aromatic carbocycles. The van der Waals surface area contributed by atoms with Crippen molar-refractivity contribution in [2.24, 2.45) is 0 Å². The summed E-state index contributed by atoms with van der Waals surface area (Å²) in [7, 11) is 1.60. The number of nitrogens with zero attached hydrogens (tertiary/aromatic N) is 4. The van der Waals surface area contributed by atoms with Gasteiger partial charge in [-0.3, -0.25) is 14.9 Å². The highest BCUT2D eigenvalue weighted by atomic mass is 32.2. The van der Waals surface area contributed by atoms with E-state index in [9.17, 15) is 9.59 Å². The molecule has 1 unspecified atom stereocenters. The molecule has 0 fully saturated rings. The minimum absolute atomic E-state index is 0.0289. The molecular formula is C20H19N5O5S. The van der Waals surface area contributed by atoms with Crippen LogP contribution >= 0.6 is 11.8 Å². The molecule has 160 valence electrons. The predicted molar refractivity (Wildman–Crippen MR) is 110 cm³/mol. The predicted octanol–water partition coefficient (Wildman–Crippen LogP) is 1.30. The average Bonchev–Trinajstić information content (AvgIpc) is 3.24. The molecule has 1 atom stereocenters. The van der Waals surface area contributed by atoms with E-state index in [-0.39, 0.29) is 12.4 Å². The number of thioether (sulfide) groups is 1. The Labute approximate surface area is 181 Å². The number of carbonyl (C=O) groups excluding carboxylic acids is 2. The van der Waals surface area contributed by atoms with E-state index in [1.54, 1.807) is 30.0 Å². The molecule has 10 nitrogen and oxygen atoms in total. The second-order valence-electron chi connectivity index (χ2n) is 6.53. The highest BCUT2D eigenvalue weighted by molar-refractivity contribution is 7.99. The minimum atomic E-state index is -0.899. The highest BCUT2D eigenvalue weighted by Crippen LogP contribution is 2.30. The van der Waals surface area contributed by atoms with Crippen molar-refractivity contribution in [2.75, 3.05) is 19.5 Å². The lowest BCUT2D eigenvalue weighted by atomic mass is 10.2. The lowest BCUT2D eigenvalue weighted by molar-refractivity contribution is -0.135. The maximum atomic E-state index is 12.3. The zero-order valence-corrected chi connectivity index (χ0v) is 17.4. The second-order valence-corrected chi connectivity index (χ2v) is 7.48. The van der Waals surface area contributed by atoms with Crippen LogP contribution in [-0.2, 0) is 16.1 Å². The highest BCUT2D eigenvalue weighted by Gasteiger charge is 2.28. The number of hydrogen-bond donors (Lipinski definition) is 1. The molecule has 2 amide bonds. The Morgan fingerprint density at radius 2 is 1.97 bits per heavy atom. The van der Waals surface area contributed by atoms with Gasteiger partial charge in [0.2, 0.25) is 17.2 Å². The number of para-hydroxylation sites is 2. The number of carbonyl (C=O) groups is 2. The Kier molecular flexibility index (Phi) is 6.32. The van der Waals surface area contributed by atoms with Crippen LogP contribution in [0.15, 0.2) is 53.7 Å². The van der Waals surface area contributed by atoms with Gasteiger partial charge in [0.25, 0.3) is 5.91 Å². The van der Waals surface area contributed by atoms with Crippen LogP contribution in [0.3, 0.4) is 0 Å². The van der Waals surface area contributed by atoms with Gasteiger partial charge in [0.05, 0.1) is 19.4 Å². The molecule has 0 saturated carbocycles. The molecule has 1 aliphatic rings. The van der Waals surface area contributed by atoms with Crippen LogP contribution in [0.25, 0.3) is 0 Å². The first-order chi connectivity index (χ1) is 15.1. The van der Waals surface area contributed by atoms with Gasteiger partial charge in [0, 0.05) is 0 Å². The minimum Gasteiger partial charge on any atom is -0.497 e. The first-order valence-corrected chi connectivity index (χ1v) is 10.3. The van der Waals surface area contributed by atoms with Crippen LogP contribution in [0.5, 0.6) is 17.2 Å². The van der Waals surface area contributed by atoms with Gasteiger partial charge < -0.3 is 14.2 Å². The number of nitrogens with one attached hydrogen (secondary N) is 1. The van der Waals surface area contributed by atoms with E-state index in [4.69, 9.17) is 14.2 Å². The van der Waals surface area contributed by atoms with Gasteiger partial charge >= 0.3 is 0 Å². The van der Waals surface area contributed by atoms with Crippen LogP contribution in [0.2, 0.25) is 0 Å². The smallest absolute Gasteiger partial charge is 0.271 e. The van der Waals surface area contributed by atoms with Gasteiger partial charge in [-0.05, 0) is 40.3 Å². The Balaban J connectivity index is 1.28. The van der Waals surface area contributed by atoms with Crippen molar-refractivity contribution < 1.29 is 23.8 Å². The van der Waals surface area contributed by atoms with Crippen LogP contribution in [-0.4, -0.2) is 57.6 Å². The van der Waals surface area contributed by atoms with E-state index in [1.165, 1.54) is 0 Å².